The summed E-state index contributed by atoms with van der Waals surface area (Å²) in [6, 6.07) is 81.7. The van der Waals surface area contributed by atoms with Gasteiger partial charge in [-0.15, -0.1) is 0 Å². The summed E-state index contributed by atoms with van der Waals surface area (Å²) < 4.78 is 42.3. The SMILES string of the molecule is CC(=O)N[C@H]1[C@H](Oc2ccc(P(c3ccccc3)c3ccccc3)cc2)O[C@H](CO)[C@@H](O)[C@@H]1O.CC(=O)N[C@H]1[C@H](Oc2ccc(P(c3ccccc3)c3ccccc3)cc2)O[C@H](CO)[C@@H](O)[C@@H]1O.CC(=O)N[C@H]1[C@H](Oc2ccc(P(c3ccccc3)c3ccccc3)cc2)O[C@H](CO)[C@@H](O)[C@@H]1O.[C-]#[O+].[Ru]. The van der Waals surface area contributed by atoms with Crippen LogP contribution in [-0.2, 0) is 52.7 Å². The summed E-state index contributed by atoms with van der Waals surface area (Å²) in [5.74, 6) is 0.217. The van der Waals surface area contributed by atoms with Crippen LogP contribution in [0.3, 0.4) is 0 Å². The second kappa shape index (κ2) is 41.2. The topological polar surface area (TPSA) is 345 Å². The van der Waals surface area contributed by atoms with Gasteiger partial charge in [0.25, 0.3) is 0 Å². The van der Waals surface area contributed by atoms with Gasteiger partial charge in [0.05, 0.1) is 19.8 Å². The van der Waals surface area contributed by atoms with Gasteiger partial charge in [-0.1, -0.05) is 218 Å². The molecule has 9 aromatic carbocycles. The van der Waals surface area contributed by atoms with E-state index in [0.29, 0.717) is 17.2 Å². The van der Waals surface area contributed by atoms with Crippen LogP contribution in [0.2, 0.25) is 0 Å². The van der Waals surface area contributed by atoms with Crippen molar-refractivity contribution in [1.82, 2.24) is 16.0 Å². The van der Waals surface area contributed by atoms with E-state index in [-0.39, 0.29) is 19.5 Å². The molecule has 22 nitrogen and oxygen atoms in total. The number of aliphatic hydroxyl groups is 9. The molecule has 0 bridgehead atoms. The predicted octanol–water partition coefficient (Wildman–Crippen LogP) is 2.26. The summed E-state index contributed by atoms with van der Waals surface area (Å²) >= 11 is 0. The molecule has 3 heterocycles. The Morgan fingerprint density at radius 1 is 0.324 bits per heavy atom. The Balaban J connectivity index is 0.000000196. The molecule has 0 saturated carbocycles. The zero-order valence-electron chi connectivity index (χ0n) is 57.3. The number of benzene rings is 9. The van der Waals surface area contributed by atoms with Crippen molar-refractivity contribution in [1.29, 1.82) is 0 Å². The minimum Gasteiger partial charge on any atom is 0 e. The number of carbonyl (C=O) groups is 3. The van der Waals surface area contributed by atoms with Gasteiger partial charge >= 0.3 is 11.3 Å². The maximum atomic E-state index is 11.6. The van der Waals surface area contributed by atoms with Crippen LogP contribution in [0, 0.1) is 6.65 Å². The second-order valence-electron chi connectivity index (χ2n) is 24.2. The standard InChI is InChI=1S/3C26H28NO6P.CO.Ru/c3*1-17(29)27-23-25(31)24(30)22(16-28)33-26(23)32-18-12-14-21(15-13-18)34(19-8-4-2-5-9-19)20-10-6-3-7-11-20;1-2;/h3*2-15,22-26,28,30-31H,16H2,1H3,(H,27,29);;/t3*22-,23-,24-,25-,26-;;/m111../s1. The Morgan fingerprint density at radius 3 is 0.657 bits per heavy atom. The van der Waals surface area contributed by atoms with E-state index >= 15 is 0 Å². The fourth-order valence-electron chi connectivity index (χ4n) is 11.9. The van der Waals surface area contributed by atoms with E-state index in [1.54, 1.807) is 0 Å². The first-order chi connectivity index (χ1) is 50.4. The normalized spacial score (nSPS) is 23.9. The molecule has 552 valence electrons. The molecule has 3 fully saturated rings. The van der Waals surface area contributed by atoms with Crippen LogP contribution in [0.25, 0.3) is 0 Å². The molecule has 3 amide bonds. The molecular formula is C79H84N3O19P3Ru. The molecule has 12 N–H and O–H groups in total. The van der Waals surface area contributed by atoms with E-state index in [1.807, 2.05) is 182 Å². The van der Waals surface area contributed by atoms with Gasteiger partial charge in [0.1, 0.15) is 90.3 Å². The molecule has 0 spiro atoms. The Labute approximate surface area is 625 Å². The van der Waals surface area contributed by atoms with Crippen LogP contribution in [0.1, 0.15) is 20.8 Å². The fourth-order valence-corrected chi connectivity index (χ4v) is 18.8. The largest absolute Gasteiger partial charge is 0 e. The van der Waals surface area contributed by atoms with Crippen molar-refractivity contribution in [2.45, 2.75) is 113 Å². The van der Waals surface area contributed by atoms with E-state index in [0.717, 1.165) is 15.9 Å². The summed E-state index contributed by atoms with van der Waals surface area (Å²) in [4.78, 5) is 34.9. The molecule has 3 aliphatic rings. The van der Waals surface area contributed by atoms with Crippen LogP contribution in [0.4, 0.5) is 0 Å². The monoisotopic (exact) mass is 1570 g/mol. The van der Waals surface area contributed by atoms with E-state index in [2.05, 4.69) is 95.4 Å². The predicted molar refractivity (Wildman–Crippen MR) is 397 cm³/mol. The summed E-state index contributed by atoms with van der Waals surface area (Å²) in [6.07, 6.45) is -14.5. The van der Waals surface area contributed by atoms with Gasteiger partial charge < -0.3 is 90.3 Å². The molecule has 3 saturated heterocycles. The second-order valence-corrected chi connectivity index (χ2v) is 30.8. The molecule has 3 aliphatic heterocycles. The first kappa shape index (κ1) is 82.6. The third-order valence-electron chi connectivity index (χ3n) is 16.9. The van der Waals surface area contributed by atoms with E-state index < -0.39 is 153 Å². The molecule has 0 aliphatic carbocycles. The molecular weight excluding hydrogens is 1490 g/mol. The average molecular weight is 1570 g/mol. The summed E-state index contributed by atoms with van der Waals surface area (Å²) in [5, 5.41) is 109. The fraction of sp³-hybridized carbons (Fsp3) is 0.266. The minimum atomic E-state index is -1.36. The first-order valence-electron chi connectivity index (χ1n) is 33.3. The molecule has 0 aromatic heterocycles. The number of amides is 3. The van der Waals surface area contributed by atoms with Crippen molar-refractivity contribution in [3.8, 4) is 17.2 Å². The van der Waals surface area contributed by atoms with Crippen molar-refractivity contribution in [2.24, 2.45) is 0 Å². The van der Waals surface area contributed by atoms with Gasteiger partial charge in [0.15, 0.2) is 0 Å². The summed E-state index contributed by atoms with van der Waals surface area (Å²) in [6.45, 7) is 6.92. The van der Waals surface area contributed by atoms with Gasteiger partial charge in [-0.25, -0.2) is 0 Å². The number of carbonyl (C=O) groups excluding carboxylic acids is 3. The molecule has 12 rings (SSSR count). The number of hydrogen-bond acceptors (Lipinski definition) is 18. The van der Waals surface area contributed by atoms with Crippen LogP contribution in [-0.4, -0.2) is 175 Å². The van der Waals surface area contributed by atoms with Crippen LogP contribution < -0.4 is 77.9 Å². The number of rotatable bonds is 21. The van der Waals surface area contributed by atoms with Crippen LogP contribution >= 0.6 is 23.8 Å². The molecule has 15 atom stereocenters. The average Bonchev–Trinajstić information content (AvgIpc) is 0.853. The first-order valence-corrected chi connectivity index (χ1v) is 37.4. The molecule has 9 aromatic rings. The number of nitrogens with one attached hydrogen (secondary N) is 3. The molecule has 26 heteroatoms. The van der Waals surface area contributed by atoms with Gasteiger partial charge in [-0.3, -0.25) is 14.4 Å². The molecule has 0 radical (unpaired) electrons. The molecule has 0 unspecified atom stereocenters. The van der Waals surface area contributed by atoms with Crippen molar-refractivity contribution < 1.29 is 113 Å². The number of ether oxygens (including phenoxy) is 6. The van der Waals surface area contributed by atoms with E-state index in [1.165, 1.54) is 52.6 Å². The van der Waals surface area contributed by atoms with E-state index in [9.17, 15) is 60.3 Å². The Morgan fingerprint density at radius 2 is 0.495 bits per heavy atom. The Bertz CT molecular complexity index is 3560. The van der Waals surface area contributed by atoms with Crippen molar-refractivity contribution in [3.05, 3.63) is 261 Å². The van der Waals surface area contributed by atoms with Gasteiger partial charge in [-0.05, 0) is 108 Å². The minimum absolute atomic E-state index is 0. The van der Waals surface area contributed by atoms with Crippen molar-refractivity contribution in [2.75, 3.05) is 19.8 Å². The molecule has 105 heavy (non-hydrogen) atoms. The van der Waals surface area contributed by atoms with Crippen molar-refractivity contribution >= 4 is 89.2 Å². The van der Waals surface area contributed by atoms with Gasteiger partial charge in [0.2, 0.25) is 36.6 Å². The van der Waals surface area contributed by atoms with E-state index in [4.69, 9.17) is 33.1 Å². The Kier molecular flexibility index (Phi) is 32.4. The Hall–Kier alpha value is -8.04. The quantitative estimate of drug-likeness (QED) is 0.0212. The van der Waals surface area contributed by atoms with Gasteiger partial charge in [-0.2, -0.15) is 0 Å². The zero-order chi connectivity index (χ0) is 74.2. The maximum absolute atomic E-state index is 11.6. The number of aliphatic hydroxyl groups excluding tert-OH is 9. The number of hydrogen-bond donors (Lipinski definition) is 12. The van der Waals surface area contributed by atoms with Gasteiger partial charge in [0, 0.05) is 40.2 Å². The van der Waals surface area contributed by atoms with Crippen molar-refractivity contribution in [3.63, 3.8) is 0 Å². The third-order valence-corrected chi connectivity index (χ3v) is 24.2. The zero-order valence-corrected chi connectivity index (χ0v) is 61.8. The third kappa shape index (κ3) is 22.1. The maximum Gasteiger partial charge on any atom is 0 e. The summed E-state index contributed by atoms with van der Waals surface area (Å²) in [5.41, 5.74) is 0. The smallest absolute Gasteiger partial charge is 0 e. The van der Waals surface area contributed by atoms with Crippen LogP contribution in [0.15, 0.2) is 255 Å². The van der Waals surface area contributed by atoms with Crippen LogP contribution in [0.5, 0.6) is 17.2 Å². The summed E-state index contributed by atoms with van der Waals surface area (Å²) in [7, 11) is -2.31.